The molecule has 1 fully saturated rings. The van der Waals surface area contributed by atoms with E-state index in [2.05, 4.69) is 41.4 Å². The molecule has 2 heterocycles. The van der Waals surface area contributed by atoms with Gasteiger partial charge < -0.3 is 15.1 Å². The standard InChI is InChI=1S/C15H27N5S/c1-6-16-13(20-8-7-15(2,3)11-20)17-9-12-10-21-14(18-12)19(4)5/h10H,6-9,11H2,1-5H3,(H,16,17). The lowest BCUT2D eigenvalue weighted by Crippen LogP contribution is -2.40. The molecule has 1 saturated heterocycles. The highest BCUT2D eigenvalue weighted by Crippen LogP contribution is 2.28. The van der Waals surface area contributed by atoms with Crippen LogP contribution in [0.1, 0.15) is 32.9 Å². The smallest absolute Gasteiger partial charge is 0.194 e. The molecule has 1 aliphatic rings. The number of hydrogen-bond donors (Lipinski definition) is 1. The summed E-state index contributed by atoms with van der Waals surface area (Å²) in [7, 11) is 4.03. The zero-order valence-corrected chi connectivity index (χ0v) is 14.6. The Kier molecular flexibility index (Phi) is 5.08. The zero-order chi connectivity index (χ0) is 15.5. The second-order valence-electron chi connectivity index (χ2n) is 6.52. The average Bonchev–Trinajstić information content (AvgIpc) is 3.01. The molecule has 0 saturated carbocycles. The number of nitrogens with zero attached hydrogens (tertiary/aromatic N) is 4. The Morgan fingerprint density at radius 2 is 2.29 bits per heavy atom. The van der Waals surface area contributed by atoms with E-state index < -0.39 is 0 Å². The minimum atomic E-state index is 0.384. The Balaban J connectivity index is 2.03. The van der Waals surface area contributed by atoms with E-state index in [0.717, 1.165) is 36.4 Å². The molecule has 0 amide bonds. The zero-order valence-electron chi connectivity index (χ0n) is 13.8. The van der Waals surface area contributed by atoms with Gasteiger partial charge in [-0.2, -0.15) is 0 Å². The summed E-state index contributed by atoms with van der Waals surface area (Å²) in [5.41, 5.74) is 1.42. The maximum atomic E-state index is 4.76. The van der Waals surface area contributed by atoms with E-state index in [1.54, 1.807) is 11.3 Å². The summed E-state index contributed by atoms with van der Waals surface area (Å²) >= 11 is 1.67. The summed E-state index contributed by atoms with van der Waals surface area (Å²) in [6.45, 7) is 10.4. The first kappa shape index (κ1) is 16.1. The quantitative estimate of drug-likeness (QED) is 0.685. The van der Waals surface area contributed by atoms with E-state index in [1.807, 2.05) is 19.0 Å². The molecule has 5 nitrogen and oxygen atoms in total. The van der Waals surface area contributed by atoms with Crippen LogP contribution < -0.4 is 10.2 Å². The molecule has 21 heavy (non-hydrogen) atoms. The van der Waals surface area contributed by atoms with Crippen molar-refractivity contribution < 1.29 is 0 Å². The first-order valence-corrected chi connectivity index (χ1v) is 8.44. The lowest BCUT2D eigenvalue weighted by Gasteiger charge is -2.23. The number of hydrogen-bond acceptors (Lipinski definition) is 4. The molecular weight excluding hydrogens is 282 g/mol. The van der Waals surface area contributed by atoms with Crippen molar-refractivity contribution in [3.63, 3.8) is 0 Å². The van der Waals surface area contributed by atoms with Crippen LogP contribution in [0.5, 0.6) is 0 Å². The number of thiazole rings is 1. The fraction of sp³-hybridized carbons (Fsp3) is 0.733. The number of nitrogens with one attached hydrogen (secondary N) is 1. The molecule has 2 rings (SSSR count). The molecule has 0 aliphatic carbocycles. The van der Waals surface area contributed by atoms with Crippen LogP contribution in [0.2, 0.25) is 0 Å². The predicted molar refractivity (Wildman–Crippen MR) is 91.2 cm³/mol. The van der Waals surface area contributed by atoms with E-state index in [1.165, 1.54) is 6.42 Å². The minimum absolute atomic E-state index is 0.384. The van der Waals surface area contributed by atoms with Crippen molar-refractivity contribution in [2.75, 3.05) is 38.6 Å². The number of rotatable bonds is 4. The largest absolute Gasteiger partial charge is 0.357 e. The molecule has 0 unspecified atom stereocenters. The Morgan fingerprint density at radius 1 is 1.52 bits per heavy atom. The van der Waals surface area contributed by atoms with Crippen LogP contribution in [-0.2, 0) is 6.54 Å². The van der Waals surface area contributed by atoms with Gasteiger partial charge in [-0.05, 0) is 18.8 Å². The number of guanidine groups is 1. The third-order valence-corrected chi connectivity index (χ3v) is 4.68. The summed E-state index contributed by atoms with van der Waals surface area (Å²) in [6.07, 6.45) is 1.22. The SMILES string of the molecule is CCNC(=NCc1csc(N(C)C)n1)N1CCC(C)(C)C1. The van der Waals surface area contributed by atoms with Crippen LogP contribution in [0.3, 0.4) is 0 Å². The van der Waals surface area contributed by atoms with Crippen LogP contribution in [0, 0.1) is 5.41 Å². The minimum Gasteiger partial charge on any atom is -0.357 e. The fourth-order valence-electron chi connectivity index (χ4n) is 2.45. The second-order valence-corrected chi connectivity index (χ2v) is 7.36. The molecule has 0 bridgehead atoms. The van der Waals surface area contributed by atoms with E-state index in [9.17, 15) is 0 Å². The molecule has 1 N–H and O–H groups in total. The summed E-state index contributed by atoms with van der Waals surface area (Å²) in [6, 6.07) is 0. The molecule has 118 valence electrons. The molecule has 6 heteroatoms. The van der Waals surface area contributed by atoms with Gasteiger partial charge in [0.25, 0.3) is 0 Å². The van der Waals surface area contributed by atoms with Gasteiger partial charge in [-0.3, -0.25) is 0 Å². The van der Waals surface area contributed by atoms with Crippen LogP contribution in [0.15, 0.2) is 10.4 Å². The van der Waals surface area contributed by atoms with Crippen molar-refractivity contribution in [2.24, 2.45) is 10.4 Å². The van der Waals surface area contributed by atoms with Crippen LogP contribution >= 0.6 is 11.3 Å². The van der Waals surface area contributed by atoms with E-state index in [0.29, 0.717) is 12.0 Å². The lowest BCUT2D eigenvalue weighted by molar-refractivity contribution is 0.370. The topological polar surface area (TPSA) is 43.8 Å². The number of aromatic nitrogens is 1. The van der Waals surface area contributed by atoms with Gasteiger partial charge in [0, 0.05) is 39.1 Å². The van der Waals surface area contributed by atoms with Crippen molar-refractivity contribution in [1.29, 1.82) is 0 Å². The van der Waals surface area contributed by atoms with E-state index >= 15 is 0 Å². The maximum Gasteiger partial charge on any atom is 0.194 e. The highest BCUT2D eigenvalue weighted by atomic mass is 32.1. The monoisotopic (exact) mass is 309 g/mol. The van der Waals surface area contributed by atoms with Crippen molar-refractivity contribution >= 4 is 22.4 Å². The molecular formula is C15H27N5S. The Hall–Kier alpha value is -1.30. The highest BCUT2D eigenvalue weighted by molar-refractivity contribution is 7.13. The van der Waals surface area contributed by atoms with Gasteiger partial charge in [-0.25, -0.2) is 9.98 Å². The molecule has 0 radical (unpaired) electrons. The van der Waals surface area contributed by atoms with Gasteiger partial charge in [0.1, 0.15) is 0 Å². The number of aliphatic imine (C=N–C) groups is 1. The first-order chi connectivity index (χ1) is 9.91. The van der Waals surface area contributed by atoms with Gasteiger partial charge >= 0.3 is 0 Å². The fourth-order valence-corrected chi connectivity index (χ4v) is 3.20. The number of anilines is 1. The average molecular weight is 309 g/mol. The van der Waals surface area contributed by atoms with Gasteiger partial charge in [0.2, 0.25) is 0 Å². The highest BCUT2D eigenvalue weighted by Gasteiger charge is 2.30. The summed E-state index contributed by atoms with van der Waals surface area (Å²) in [5, 5.41) is 6.53. The van der Waals surface area contributed by atoms with Crippen LogP contribution in [-0.4, -0.2) is 49.6 Å². The third kappa shape index (κ3) is 4.33. The molecule has 0 spiro atoms. The van der Waals surface area contributed by atoms with Crippen molar-refractivity contribution in [3.05, 3.63) is 11.1 Å². The van der Waals surface area contributed by atoms with E-state index in [-0.39, 0.29) is 0 Å². The van der Waals surface area contributed by atoms with E-state index in [4.69, 9.17) is 4.99 Å². The van der Waals surface area contributed by atoms with Crippen LogP contribution in [0.25, 0.3) is 0 Å². The Morgan fingerprint density at radius 3 is 2.81 bits per heavy atom. The van der Waals surface area contributed by atoms with Crippen molar-refractivity contribution in [3.8, 4) is 0 Å². The molecule has 0 aromatic carbocycles. The van der Waals surface area contributed by atoms with Crippen molar-refractivity contribution in [2.45, 2.75) is 33.7 Å². The lowest BCUT2D eigenvalue weighted by atomic mass is 9.93. The van der Waals surface area contributed by atoms with Gasteiger partial charge in [-0.1, -0.05) is 13.8 Å². The van der Waals surface area contributed by atoms with Gasteiger partial charge in [0.05, 0.1) is 12.2 Å². The van der Waals surface area contributed by atoms with Gasteiger partial charge in [0.15, 0.2) is 11.1 Å². The van der Waals surface area contributed by atoms with Gasteiger partial charge in [-0.15, -0.1) is 11.3 Å². The number of likely N-dealkylation sites (tertiary alicyclic amines) is 1. The molecule has 1 aromatic rings. The summed E-state index contributed by atoms with van der Waals surface area (Å²) in [5.74, 6) is 1.02. The predicted octanol–water partition coefficient (Wildman–Crippen LogP) is 2.41. The molecule has 1 aromatic heterocycles. The normalized spacial score (nSPS) is 18.1. The summed E-state index contributed by atoms with van der Waals surface area (Å²) in [4.78, 5) is 13.7. The Bertz CT molecular complexity index is 492. The van der Waals surface area contributed by atoms with Crippen molar-refractivity contribution in [1.82, 2.24) is 15.2 Å². The maximum absolute atomic E-state index is 4.76. The Labute approximate surface area is 132 Å². The molecule has 0 atom stereocenters. The van der Waals surface area contributed by atoms with Crippen LogP contribution in [0.4, 0.5) is 5.13 Å². The first-order valence-electron chi connectivity index (χ1n) is 7.56. The second kappa shape index (κ2) is 6.64. The summed E-state index contributed by atoms with van der Waals surface area (Å²) < 4.78 is 0. The third-order valence-electron chi connectivity index (χ3n) is 3.62. The molecule has 1 aliphatic heterocycles.